The lowest BCUT2D eigenvalue weighted by atomic mass is 9.94. The zero-order valence-electron chi connectivity index (χ0n) is 20.7. The molecule has 4 nitrogen and oxygen atoms in total. The van der Waals surface area contributed by atoms with E-state index in [4.69, 9.17) is 0 Å². The SMILES string of the molecule is Cc1cc(F)cc(C[C@H](NC(=O)Cc2c[nH]c3ccc(F)cc23)c2ncccc2-c2cccc(C)c2)c1. The molecule has 0 fully saturated rings. The Hall–Kier alpha value is -4.32. The van der Waals surface area contributed by atoms with Gasteiger partial charge in [-0.1, -0.05) is 42.0 Å². The van der Waals surface area contributed by atoms with Gasteiger partial charge in [-0.15, -0.1) is 0 Å². The monoisotopic (exact) mass is 495 g/mol. The Labute approximate surface area is 214 Å². The molecule has 0 bridgehead atoms. The summed E-state index contributed by atoms with van der Waals surface area (Å²) in [6.07, 6.45) is 3.86. The van der Waals surface area contributed by atoms with Gasteiger partial charge in [0.25, 0.3) is 0 Å². The van der Waals surface area contributed by atoms with Crippen molar-refractivity contribution in [2.75, 3.05) is 0 Å². The molecule has 0 aliphatic rings. The van der Waals surface area contributed by atoms with Crippen molar-refractivity contribution in [2.45, 2.75) is 32.7 Å². The van der Waals surface area contributed by atoms with Crippen molar-refractivity contribution in [1.29, 1.82) is 0 Å². The number of aromatic amines is 1. The highest BCUT2D eigenvalue weighted by molar-refractivity contribution is 5.89. The van der Waals surface area contributed by atoms with Crippen molar-refractivity contribution < 1.29 is 13.6 Å². The molecule has 3 aromatic carbocycles. The second-order valence-electron chi connectivity index (χ2n) is 9.45. The molecule has 0 saturated carbocycles. The molecule has 2 aromatic heterocycles. The molecule has 0 radical (unpaired) electrons. The second-order valence-corrected chi connectivity index (χ2v) is 9.45. The fraction of sp³-hybridized carbons (Fsp3) is 0.161. The van der Waals surface area contributed by atoms with Gasteiger partial charge in [-0.25, -0.2) is 8.78 Å². The highest BCUT2D eigenvalue weighted by Gasteiger charge is 2.22. The second kappa shape index (κ2) is 10.3. The average Bonchev–Trinajstić information content (AvgIpc) is 3.24. The normalized spacial score (nSPS) is 12.0. The molecular weight excluding hydrogens is 468 g/mol. The number of fused-ring (bicyclic) bond motifs is 1. The van der Waals surface area contributed by atoms with Gasteiger partial charge in [-0.3, -0.25) is 9.78 Å². The first kappa shape index (κ1) is 24.4. The summed E-state index contributed by atoms with van der Waals surface area (Å²) in [6, 6.07) is 20.8. The van der Waals surface area contributed by atoms with E-state index in [1.807, 2.05) is 50.2 Å². The third-order valence-electron chi connectivity index (χ3n) is 6.46. The van der Waals surface area contributed by atoms with Crippen LogP contribution >= 0.6 is 0 Å². The van der Waals surface area contributed by atoms with Gasteiger partial charge in [0.2, 0.25) is 5.91 Å². The van der Waals surface area contributed by atoms with Gasteiger partial charge in [0.05, 0.1) is 18.2 Å². The summed E-state index contributed by atoms with van der Waals surface area (Å²) < 4.78 is 28.1. The van der Waals surface area contributed by atoms with E-state index in [1.165, 1.54) is 24.3 Å². The first-order chi connectivity index (χ1) is 17.9. The summed E-state index contributed by atoms with van der Waals surface area (Å²) in [6.45, 7) is 3.87. The van der Waals surface area contributed by atoms with Crippen molar-refractivity contribution in [3.8, 4) is 11.1 Å². The Morgan fingerprint density at radius 2 is 1.81 bits per heavy atom. The summed E-state index contributed by atoms with van der Waals surface area (Å²) in [5.74, 6) is -0.908. The molecule has 0 spiro atoms. The first-order valence-corrected chi connectivity index (χ1v) is 12.2. The number of aromatic nitrogens is 2. The molecule has 2 heterocycles. The molecule has 5 rings (SSSR count). The number of amides is 1. The van der Waals surface area contributed by atoms with Gasteiger partial charge in [-0.05, 0) is 78.9 Å². The number of benzene rings is 3. The number of hydrogen-bond donors (Lipinski definition) is 2. The zero-order valence-corrected chi connectivity index (χ0v) is 20.7. The number of nitrogens with zero attached hydrogens (tertiary/aromatic N) is 1. The minimum atomic E-state index is -0.507. The van der Waals surface area contributed by atoms with Crippen LogP contribution in [0.5, 0.6) is 0 Å². The maximum absolute atomic E-state index is 14.2. The van der Waals surface area contributed by atoms with E-state index in [0.717, 1.165) is 33.3 Å². The molecule has 5 aromatic rings. The van der Waals surface area contributed by atoms with Crippen molar-refractivity contribution in [3.63, 3.8) is 0 Å². The standard InChI is InChI=1S/C31H27F2N3O/c1-19-5-3-6-22(12-19)26-7-4-10-34-31(26)29(15-21-11-20(2)13-25(33)14-21)36-30(37)16-23-18-35-28-9-8-24(32)17-27(23)28/h3-14,17-18,29,35H,15-16H2,1-2H3,(H,36,37)/t29-/m0/s1. The van der Waals surface area contributed by atoms with Gasteiger partial charge >= 0.3 is 0 Å². The van der Waals surface area contributed by atoms with Crippen LogP contribution in [0.25, 0.3) is 22.0 Å². The van der Waals surface area contributed by atoms with Crippen LogP contribution in [0.4, 0.5) is 8.78 Å². The molecule has 0 unspecified atom stereocenters. The summed E-state index contributed by atoms with van der Waals surface area (Å²) in [5, 5.41) is 3.80. The maximum Gasteiger partial charge on any atom is 0.225 e. The lowest BCUT2D eigenvalue weighted by Crippen LogP contribution is -2.32. The summed E-state index contributed by atoms with van der Waals surface area (Å²) in [4.78, 5) is 21.1. The van der Waals surface area contributed by atoms with E-state index in [2.05, 4.69) is 21.4 Å². The Morgan fingerprint density at radius 3 is 2.62 bits per heavy atom. The Kier molecular flexibility index (Phi) is 6.82. The number of rotatable bonds is 7. The Balaban J connectivity index is 1.50. The molecule has 186 valence electrons. The van der Waals surface area contributed by atoms with E-state index in [9.17, 15) is 13.6 Å². The molecule has 0 aliphatic carbocycles. The number of pyridine rings is 1. The molecule has 1 atom stereocenters. The van der Waals surface area contributed by atoms with Crippen LogP contribution in [0.3, 0.4) is 0 Å². The van der Waals surface area contributed by atoms with Crippen molar-refractivity contribution >= 4 is 16.8 Å². The first-order valence-electron chi connectivity index (χ1n) is 12.2. The minimum absolute atomic E-state index is 0.0642. The highest BCUT2D eigenvalue weighted by atomic mass is 19.1. The fourth-order valence-corrected chi connectivity index (χ4v) is 4.85. The van der Waals surface area contributed by atoms with Crippen LogP contribution in [0.2, 0.25) is 0 Å². The number of carbonyl (C=O) groups is 1. The lowest BCUT2D eigenvalue weighted by Gasteiger charge is -2.22. The van der Waals surface area contributed by atoms with Crippen LogP contribution in [0, 0.1) is 25.5 Å². The summed E-state index contributed by atoms with van der Waals surface area (Å²) in [5.41, 5.74) is 6.74. The Bertz CT molecular complexity index is 1570. The molecule has 0 saturated heterocycles. The number of halogens is 2. The van der Waals surface area contributed by atoms with E-state index in [-0.39, 0.29) is 24.0 Å². The largest absolute Gasteiger partial charge is 0.361 e. The van der Waals surface area contributed by atoms with Crippen molar-refractivity contribution in [2.24, 2.45) is 0 Å². The van der Waals surface area contributed by atoms with Crippen molar-refractivity contribution in [1.82, 2.24) is 15.3 Å². The maximum atomic E-state index is 14.2. The average molecular weight is 496 g/mol. The number of carbonyl (C=O) groups excluding carboxylic acids is 1. The number of aryl methyl sites for hydroxylation is 2. The lowest BCUT2D eigenvalue weighted by molar-refractivity contribution is -0.121. The van der Waals surface area contributed by atoms with Gasteiger partial charge in [0.15, 0.2) is 0 Å². The van der Waals surface area contributed by atoms with E-state index < -0.39 is 6.04 Å². The molecule has 2 N–H and O–H groups in total. The number of nitrogens with one attached hydrogen (secondary N) is 2. The third kappa shape index (κ3) is 5.59. The van der Waals surface area contributed by atoms with Gasteiger partial charge < -0.3 is 10.3 Å². The molecule has 6 heteroatoms. The van der Waals surface area contributed by atoms with Gasteiger partial charge in [0, 0.05) is 28.9 Å². The third-order valence-corrected chi connectivity index (χ3v) is 6.46. The highest BCUT2D eigenvalue weighted by Crippen LogP contribution is 2.30. The van der Waals surface area contributed by atoms with E-state index in [1.54, 1.807) is 18.5 Å². The predicted molar refractivity (Wildman–Crippen MR) is 142 cm³/mol. The van der Waals surface area contributed by atoms with Crippen LogP contribution in [0.1, 0.15) is 34.0 Å². The van der Waals surface area contributed by atoms with Crippen LogP contribution in [-0.2, 0) is 17.6 Å². The van der Waals surface area contributed by atoms with Gasteiger partial charge in [0.1, 0.15) is 11.6 Å². The van der Waals surface area contributed by atoms with E-state index >= 15 is 0 Å². The van der Waals surface area contributed by atoms with Crippen LogP contribution < -0.4 is 5.32 Å². The Morgan fingerprint density at radius 1 is 0.946 bits per heavy atom. The number of hydrogen-bond acceptors (Lipinski definition) is 2. The molecule has 1 amide bonds. The summed E-state index contributed by atoms with van der Waals surface area (Å²) >= 11 is 0. The van der Waals surface area contributed by atoms with E-state index in [0.29, 0.717) is 23.1 Å². The quantitative estimate of drug-likeness (QED) is 0.262. The van der Waals surface area contributed by atoms with Crippen LogP contribution in [0.15, 0.2) is 85.2 Å². The summed E-state index contributed by atoms with van der Waals surface area (Å²) in [7, 11) is 0. The molecule has 0 aliphatic heterocycles. The topological polar surface area (TPSA) is 57.8 Å². The number of H-pyrrole nitrogens is 1. The van der Waals surface area contributed by atoms with Crippen LogP contribution in [-0.4, -0.2) is 15.9 Å². The minimum Gasteiger partial charge on any atom is -0.361 e. The smallest absolute Gasteiger partial charge is 0.225 e. The zero-order chi connectivity index (χ0) is 25.9. The van der Waals surface area contributed by atoms with Crippen molar-refractivity contribution in [3.05, 3.63) is 125 Å². The molecule has 37 heavy (non-hydrogen) atoms. The predicted octanol–water partition coefficient (Wildman–Crippen LogP) is 6.77. The van der Waals surface area contributed by atoms with Gasteiger partial charge in [-0.2, -0.15) is 0 Å². The fourth-order valence-electron chi connectivity index (χ4n) is 4.85. The molecular formula is C31H27F2N3O.